The maximum atomic E-state index is 11.9. The zero-order valence-corrected chi connectivity index (χ0v) is 8.67. The number of halogens is 3. The van der Waals surface area contributed by atoms with Gasteiger partial charge in [-0.2, -0.15) is 7.05 Å². The summed E-state index contributed by atoms with van der Waals surface area (Å²) in [5, 5.41) is 1.64. The van der Waals surface area contributed by atoms with Crippen molar-refractivity contribution in [2.45, 2.75) is 12.9 Å². The lowest BCUT2D eigenvalue weighted by molar-refractivity contribution is -0.612. The number of quaternary nitrogens is 1. The van der Waals surface area contributed by atoms with Crippen molar-refractivity contribution in [1.29, 1.82) is 0 Å². The van der Waals surface area contributed by atoms with Crippen LogP contribution < -0.4 is 14.8 Å². The van der Waals surface area contributed by atoms with Crippen molar-refractivity contribution in [3.05, 3.63) is 30.8 Å². The number of hydrogen-bond donors (Lipinski definition) is 1. The Morgan fingerprint density at radius 3 is 2.56 bits per heavy atom. The van der Waals surface area contributed by atoms with Gasteiger partial charge in [0.05, 0.1) is 13.7 Å². The highest BCUT2D eigenvalue weighted by Crippen LogP contribution is 2.28. The summed E-state index contributed by atoms with van der Waals surface area (Å²) in [4.78, 5) is 0. The molecule has 0 amide bonds. The molecule has 16 heavy (non-hydrogen) atoms. The normalized spacial score (nSPS) is 11.3. The Morgan fingerprint density at radius 2 is 2.06 bits per heavy atom. The quantitative estimate of drug-likeness (QED) is 0.801. The van der Waals surface area contributed by atoms with Gasteiger partial charge in [-0.05, 0) is 12.1 Å². The topological polar surface area (TPSA) is 35.1 Å². The summed E-state index contributed by atoms with van der Waals surface area (Å²) < 4.78 is 44.6. The summed E-state index contributed by atoms with van der Waals surface area (Å²) in [6.07, 6.45) is -4.69. The van der Waals surface area contributed by atoms with Gasteiger partial charge < -0.3 is 14.8 Å². The van der Waals surface area contributed by atoms with E-state index in [1.165, 1.54) is 25.3 Å². The van der Waals surface area contributed by atoms with Crippen LogP contribution in [0, 0.1) is 7.05 Å². The summed E-state index contributed by atoms with van der Waals surface area (Å²) in [7, 11) is 4.93. The lowest BCUT2D eigenvalue weighted by Gasteiger charge is -2.12. The minimum atomic E-state index is -4.69. The lowest BCUT2D eigenvalue weighted by atomic mass is 10.2. The van der Waals surface area contributed by atoms with E-state index < -0.39 is 6.36 Å². The van der Waals surface area contributed by atoms with Crippen LogP contribution in [0.25, 0.3) is 0 Å². The van der Waals surface area contributed by atoms with Gasteiger partial charge in [-0.15, -0.1) is 13.2 Å². The van der Waals surface area contributed by atoms with Crippen LogP contribution in [0.5, 0.6) is 11.5 Å². The SMILES string of the molecule is [CH2-][NH2+]Cc1ccc(OC(F)(F)F)cc1OC. The Morgan fingerprint density at radius 1 is 1.38 bits per heavy atom. The molecular weight excluding hydrogens is 223 g/mol. The summed E-state index contributed by atoms with van der Waals surface area (Å²) in [6, 6.07) is 3.96. The third-order valence-corrected chi connectivity index (χ3v) is 1.86. The second-order valence-electron chi connectivity index (χ2n) is 3.01. The fourth-order valence-corrected chi connectivity index (χ4v) is 1.25. The first-order valence-corrected chi connectivity index (χ1v) is 4.50. The highest BCUT2D eigenvalue weighted by molar-refractivity contribution is 5.40. The molecule has 0 radical (unpaired) electrons. The predicted molar refractivity (Wildman–Crippen MR) is 50.7 cm³/mol. The molecular formula is C10H12F3NO2. The van der Waals surface area contributed by atoms with Crippen LogP contribution in [0.3, 0.4) is 0 Å². The molecule has 0 bridgehead atoms. The number of benzene rings is 1. The molecule has 0 saturated carbocycles. The molecule has 6 heteroatoms. The number of rotatable bonds is 4. The monoisotopic (exact) mass is 235 g/mol. The number of alkyl halides is 3. The maximum Gasteiger partial charge on any atom is 0.573 e. The average molecular weight is 235 g/mol. The van der Waals surface area contributed by atoms with Crippen molar-refractivity contribution in [3.8, 4) is 11.5 Å². The molecule has 2 N–H and O–H groups in total. The first-order chi connectivity index (χ1) is 7.46. The molecule has 0 atom stereocenters. The molecule has 90 valence electrons. The van der Waals surface area contributed by atoms with E-state index in [1.807, 2.05) is 0 Å². The molecule has 0 heterocycles. The zero-order valence-electron chi connectivity index (χ0n) is 8.67. The van der Waals surface area contributed by atoms with E-state index in [0.29, 0.717) is 12.3 Å². The van der Waals surface area contributed by atoms with Crippen LogP contribution >= 0.6 is 0 Å². The van der Waals surface area contributed by atoms with Gasteiger partial charge in [0.25, 0.3) is 0 Å². The molecule has 3 nitrogen and oxygen atoms in total. The standard InChI is InChI=1S/C10H12F3NO2/c1-14-6-7-3-4-8(5-9(7)15-2)16-10(11,12)13/h3-5H,1,6,14H2,2H3. The van der Waals surface area contributed by atoms with Gasteiger partial charge in [0, 0.05) is 11.6 Å². The molecule has 0 aromatic heterocycles. The van der Waals surface area contributed by atoms with E-state index in [2.05, 4.69) is 11.8 Å². The number of methoxy groups -OCH3 is 1. The first-order valence-electron chi connectivity index (χ1n) is 4.50. The highest BCUT2D eigenvalue weighted by Gasteiger charge is 2.31. The van der Waals surface area contributed by atoms with Crippen LogP contribution in [-0.2, 0) is 6.54 Å². The Kier molecular flexibility index (Phi) is 4.00. The molecule has 0 aliphatic heterocycles. The number of hydrogen-bond acceptors (Lipinski definition) is 2. The average Bonchev–Trinajstić information content (AvgIpc) is 2.18. The van der Waals surface area contributed by atoms with E-state index in [-0.39, 0.29) is 5.75 Å². The van der Waals surface area contributed by atoms with E-state index in [1.54, 1.807) is 5.32 Å². The van der Waals surface area contributed by atoms with Crippen LogP contribution in [0.2, 0.25) is 0 Å². The molecule has 0 saturated heterocycles. The maximum absolute atomic E-state index is 11.9. The molecule has 0 unspecified atom stereocenters. The minimum Gasteiger partial charge on any atom is -0.496 e. The van der Waals surface area contributed by atoms with Gasteiger partial charge in [-0.25, -0.2) is 0 Å². The highest BCUT2D eigenvalue weighted by atomic mass is 19.4. The Labute approximate surface area is 91.2 Å². The van der Waals surface area contributed by atoms with Crippen molar-refractivity contribution in [1.82, 2.24) is 0 Å². The van der Waals surface area contributed by atoms with Crippen molar-refractivity contribution < 1.29 is 28.0 Å². The smallest absolute Gasteiger partial charge is 0.496 e. The zero-order chi connectivity index (χ0) is 12.2. The fraction of sp³-hybridized carbons (Fsp3) is 0.300. The van der Waals surface area contributed by atoms with Crippen LogP contribution in [0.4, 0.5) is 13.2 Å². The molecule has 0 aliphatic carbocycles. The summed E-state index contributed by atoms with van der Waals surface area (Å²) in [5.74, 6) is 0.0545. The molecule has 1 rings (SSSR count). The number of ether oxygens (including phenoxy) is 2. The van der Waals surface area contributed by atoms with Gasteiger partial charge in [-0.1, -0.05) is 0 Å². The van der Waals surface area contributed by atoms with Gasteiger partial charge >= 0.3 is 6.36 Å². The molecule has 0 spiro atoms. The van der Waals surface area contributed by atoms with E-state index >= 15 is 0 Å². The first kappa shape index (κ1) is 12.6. The Hall–Kier alpha value is -1.43. The summed E-state index contributed by atoms with van der Waals surface area (Å²) in [6.45, 7) is 0.523. The second-order valence-corrected chi connectivity index (χ2v) is 3.01. The second kappa shape index (κ2) is 5.07. The van der Waals surface area contributed by atoms with Crippen LogP contribution in [0.15, 0.2) is 18.2 Å². The third kappa shape index (κ3) is 3.62. The van der Waals surface area contributed by atoms with Gasteiger partial charge in [0.2, 0.25) is 0 Å². The van der Waals surface area contributed by atoms with Crippen LogP contribution in [0.1, 0.15) is 5.56 Å². The lowest BCUT2D eigenvalue weighted by Crippen LogP contribution is -2.74. The van der Waals surface area contributed by atoms with Gasteiger partial charge in [-0.3, -0.25) is 0 Å². The van der Waals surface area contributed by atoms with E-state index in [9.17, 15) is 13.2 Å². The van der Waals surface area contributed by atoms with Crippen molar-refractivity contribution in [3.63, 3.8) is 0 Å². The number of nitrogens with two attached hydrogens (primary N) is 1. The summed E-state index contributed by atoms with van der Waals surface area (Å²) in [5.41, 5.74) is 0.757. The van der Waals surface area contributed by atoms with Gasteiger partial charge in [0.15, 0.2) is 0 Å². The molecule has 0 fully saturated rings. The fourth-order valence-electron chi connectivity index (χ4n) is 1.25. The van der Waals surface area contributed by atoms with Gasteiger partial charge in [0.1, 0.15) is 11.5 Å². The minimum absolute atomic E-state index is 0.294. The Bertz CT molecular complexity index is 352. The van der Waals surface area contributed by atoms with Crippen LogP contribution in [-0.4, -0.2) is 13.5 Å². The van der Waals surface area contributed by atoms with E-state index in [0.717, 1.165) is 5.56 Å². The Balaban J connectivity index is 2.90. The third-order valence-electron chi connectivity index (χ3n) is 1.86. The molecule has 1 aromatic carbocycles. The molecule has 0 aliphatic rings. The largest absolute Gasteiger partial charge is 0.573 e. The van der Waals surface area contributed by atoms with Crippen molar-refractivity contribution >= 4 is 0 Å². The molecule has 1 aromatic rings. The van der Waals surface area contributed by atoms with E-state index in [4.69, 9.17) is 4.74 Å². The summed E-state index contributed by atoms with van der Waals surface area (Å²) >= 11 is 0. The van der Waals surface area contributed by atoms with Crippen molar-refractivity contribution in [2.24, 2.45) is 0 Å². The van der Waals surface area contributed by atoms with Crippen molar-refractivity contribution in [2.75, 3.05) is 7.11 Å². The predicted octanol–water partition coefficient (Wildman–Crippen LogP) is 1.45.